The van der Waals surface area contributed by atoms with E-state index in [2.05, 4.69) is 36.1 Å². The fraction of sp³-hybridized carbons (Fsp3) is 0.125. The molecule has 6 heteroatoms. The van der Waals surface area contributed by atoms with E-state index in [-0.39, 0.29) is 5.56 Å². The third-order valence-corrected chi connectivity index (χ3v) is 5.78. The van der Waals surface area contributed by atoms with Crippen LogP contribution in [0.15, 0.2) is 71.8 Å². The highest BCUT2D eigenvalue weighted by Crippen LogP contribution is 2.25. The van der Waals surface area contributed by atoms with Gasteiger partial charge in [-0.3, -0.25) is 13.8 Å². The maximum absolute atomic E-state index is 13.5. The van der Waals surface area contributed by atoms with Gasteiger partial charge in [-0.25, -0.2) is 9.97 Å². The summed E-state index contributed by atoms with van der Waals surface area (Å²) in [5.74, 6) is 3.16. The van der Waals surface area contributed by atoms with E-state index in [1.165, 1.54) is 0 Å². The van der Waals surface area contributed by atoms with Crippen molar-refractivity contribution >= 4 is 35.7 Å². The van der Waals surface area contributed by atoms with E-state index < -0.39 is 8.07 Å². The number of pyridine rings is 3. The highest BCUT2D eigenvalue weighted by molar-refractivity contribution is 6.83. The van der Waals surface area contributed by atoms with Crippen molar-refractivity contribution in [3.8, 4) is 17.2 Å². The molecule has 1 aromatic carbocycles. The first kappa shape index (κ1) is 18.3. The Hall–Kier alpha value is -3.69. The van der Waals surface area contributed by atoms with Gasteiger partial charge in [-0.15, -0.1) is 5.54 Å². The van der Waals surface area contributed by atoms with E-state index in [1.54, 1.807) is 10.8 Å². The van der Waals surface area contributed by atoms with Gasteiger partial charge in [0, 0.05) is 17.0 Å². The number of rotatable bonds is 1. The summed E-state index contributed by atoms with van der Waals surface area (Å²) >= 11 is 0. The molecule has 0 bridgehead atoms. The van der Waals surface area contributed by atoms with Gasteiger partial charge in [-0.2, -0.15) is 0 Å². The Balaban J connectivity index is 1.83. The predicted octanol–water partition coefficient (Wildman–Crippen LogP) is 4.42. The Kier molecular flexibility index (Phi) is 4.08. The summed E-state index contributed by atoms with van der Waals surface area (Å²) in [6, 6.07) is 17.2. The number of aromatic nitrogens is 4. The van der Waals surface area contributed by atoms with Crippen LogP contribution in [0, 0.1) is 11.5 Å². The van der Waals surface area contributed by atoms with Crippen LogP contribution in [-0.2, 0) is 0 Å². The third kappa shape index (κ3) is 3.00. The van der Waals surface area contributed by atoms with Gasteiger partial charge in [-0.05, 0) is 30.3 Å². The van der Waals surface area contributed by atoms with Gasteiger partial charge < -0.3 is 0 Å². The molecule has 0 aliphatic carbocycles. The lowest BCUT2D eigenvalue weighted by Crippen LogP contribution is -2.20. The molecule has 5 rings (SSSR count). The van der Waals surface area contributed by atoms with Crippen molar-refractivity contribution in [3.63, 3.8) is 0 Å². The van der Waals surface area contributed by atoms with Crippen molar-refractivity contribution in [3.05, 3.63) is 83.0 Å². The Morgan fingerprint density at radius 3 is 2.43 bits per heavy atom. The molecular weight excluding hydrogens is 388 g/mol. The van der Waals surface area contributed by atoms with E-state index >= 15 is 0 Å². The first-order valence-electron chi connectivity index (χ1n) is 9.82. The molecule has 30 heavy (non-hydrogen) atoms. The van der Waals surface area contributed by atoms with Gasteiger partial charge in [0.2, 0.25) is 0 Å². The highest BCUT2D eigenvalue weighted by atomic mass is 28.3. The average Bonchev–Trinajstić information content (AvgIpc) is 3.12. The number of hydrogen-bond acceptors (Lipinski definition) is 3. The SMILES string of the molecule is C[Si](C)(C)C#Cc1ccc(-n2c(=O)c3ccccc3c3nc4ccccn4c32)cn1. The Labute approximate surface area is 174 Å². The maximum atomic E-state index is 13.5. The normalized spacial score (nSPS) is 11.7. The van der Waals surface area contributed by atoms with E-state index in [0.717, 1.165) is 22.2 Å². The topological polar surface area (TPSA) is 52.2 Å². The zero-order valence-electron chi connectivity index (χ0n) is 17.0. The minimum absolute atomic E-state index is 0.0912. The lowest BCUT2D eigenvalue weighted by molar-refractivity contribution is 0.999. The molecule has 5 nitrogen and oxygen atoms in total. The smallest absolute Gasteiger partial charge is 0.264 e. The number of benzene rings is 1. The van der Waals surface area contributed by atoms with Gasteiger partial charge in [-0.1, -0.05) is 49.8 Å². The van der Waals surface area contributed by atoms with Crippen LogP contribution in [0.25, 0.3) is 33.3 Å². The second-order valence-corrected chi connectivity index (χ2v) is 13.1. The minimum atomic E-state index is -1.48. The summed E-state index contributed by atoms with van der Waals surface area (Å²) in [7, 11) is -1.48. The lowest BCUT2D eigenvalue weighted by atomic mass is 10.1. The standard InChI is InChI=1S/C24H20N4OSi/c1-30(2,3)15-13-17-11-12-18(16-25-17)28-23-22(26-21-10-6-7-14-27(21)23)19-8-4-5-9-20(19)24(28)29/h4-12,14,16H,1-3H3. The predicted molar refractivity (Wildman–Crippen MR) is 124 cm³/mol. The fourth-order valence-corrected chi connectivity index (χ4v) is 4.06. The van der Waals surface area contributed by atoms with E-state index in [0.29, 0.717) is 16.8 Å². The Bertz CT molecular complexity index is 1540. The number of fused-ring (bicyclic) bond motifs is 5. The first-order valence-corrected chi connectivity index (χ1v) is 13.3. The maximum Gasteiger partial charge on any atom is 0.264 e. The summed E-state index contributed by atoms with van der Waals surface area (Å²) in [4.78, 5) is 22.8. The Morgan fingerprint density at radius 2 is 1.70 bits per heavy atom. The van der Waals surface area contributed by atoms with Crippen LogP contribution in [0.5, 0.6) is 0 Å². The van der Waals surface area contributed by atoms with Crippen molar-refractivity contribution in [2.24, 2.45) is 0 Å². The summed E-state index contributed by atoms with van der Waals surface area (Å²) in [6.07, 6.45) is 3.64. The van der Waals surface area contributed by atoms with E-state index in [1.807, 2.05) is 65.2 Å². The quantitative estimate of drug-likeness (QED) is 0.305. The highest BCUT2D eigenvalue weighted by Gasteiger charge is 2.17. The van der Waals surface area contributed by atoms with E-state index in [4.69, 9.17) is 4.98 Å². The van der Waals surface area contributed by atoms with Crippen LogP contribution in [-0.4, -0.2) is 27.0 Å². The largest absolute Gasteiger partial charge is 0.285 e. The molecule has 0 saturated carbocycles. The van der Waals surface area contributed by atoms with Crippen LogP contribution < -0.4 is 5.56 Å². The molecule has 0 aliphatic heterocycles. The van der Waals surface area contributed by atoms with Crippen LogP contribution in [0.4, 0.5) is 0 Å². The molecule has 4 heterocycles. The molecule has 0 aliphatic rings. The number of hydrogen-bond donors (Lipinski definition) is 0. The van der Waals surface area contributed by atoms with Crippen LogP contribution in [0.2, 0.25) is 19.6 Å². The molecule has 5 aromatic rings. The molecule has 0 atom stereocenters. The molecule has 0 saturated heterocycles. The number of nitrogens with zero attached hydrogens (tertiary/aromatic N) is 4. The average molecular weight is 409 g/mol. The summed E-state index contributed by atoms with van der Waals surface area (Å²) in [5, 5.41) is 1.49. The molecular formula is C24H20N4OSi. The van der Waals surface area contributed by atoms with Crippen molar-refractivity contribution < 1.29 is 0 Å². The van der Waals surface area contributed by atoms with Crippen molar-refractivity contribution in [2.75, 3.05) is 0 Å². The minimum Gasteiger partial charge on any atom is -0.285 e. The van der Waals surface area contributed by atoms with Crippen LogP contribution >= 0.6 is 0 Å². The van der Waals surface area contributed by atoms with E-state index in [9.17, 15) is 4.79 Å². The molecule has 4 aromatic heterocycles. The van der Waals surface area contributed by atoms with Gasteiger partial charge in [0.15, 0.2) is 5.65 Å². The fourth-order valence-electron chi connectivity index (χ4n) is 3.55. The van der Waals surface area contributed by atoms with Gasteiger partial charge in [0.25, 0.3) is 5.56 Å². The van der Waals surface area contributed by atoms with Gasteiger partial charge >= 0.3 is 0 Å². The monoisotopic (exact) mass is 408 g/mol. The summed E-state index contributed by atoms with van der Waals surface area (Å²) in [6.45, 7) is 6.60. The molecule has 0 fully saturated rings. The van der Waals surface area contributed by atoms with Gasteiger partial charge in [0.1, 0.15) is 24.9 Å². The molecule has 0 radical (unpaired) electrons. The van der Waals surface area contributed by atoms with Crippen LogP contribution in [0.3, 0.4) is 0 Å². The molecule has 146 valence electrons. The van der Waals surface area contributed by atoms with Crippen molar-refractivity contribution in [1.29, 1.82) is 0 Å². The second-order valence-electron chi connectivity index (χ2n) is 8.30. The summed E-state index contributed by atoms with van der Waals surface area (Å²) < 4.78 is 3.64. The Morgan fingerprint density at radius 1 is 0.933 bits per heavy atom. The lowest BCUT2D eigenvalue weighted by Gasteiger charge is -2.11. The zero-order chi connectivity index (χ0) is 20.9. The second kappa shape index (κ2) is 6.68. The van der Waals surface area contributed by atoms with Crippen LogP contribution in [0.1, 0.15) is 5.69 Å². The van der Waals surface area contributed by atoms with Crippen molar-refractivity contribution in [1.82, 2.24) is 18.9 Å². The van der Waals surface area contributed by atoms with Gasteiger partial charge in [0.05, 0.1) is 11.9 Å². The molecule has 0 spiro atoms. The molecule has 0 amide bonds. The zero-order valence-corrected chi connectivity index (χ0v) is 18.0. The summed E-state index contributed by atoms with van der Waals surface area (Å²) in [5.41, 5.74) is 6.96. The molecule has 0 N–H and O–H groups in total. The molecule has 0 unspecified atom stereocenters. The third-order valence-electron chi connectivity index (χ3n) is 4.90. The number of imidazole rings is 1. The first-order chi connectivity index (χ1) is 14.4. The van der Waals surface area contributed by atoms with Crippen molar-refractivity contribution in [2.45, 2.75) is 19.6 Å².